The Bertz CT molecular complexity index is 636. The van der Waals surface area contributed by atoms with Crippen molar-refractivity contribution in [3.8, 4) is 0 Å². The maximum atomic E-state index is 12.0. The van der Waals surface area contributed by atoms with Crippen LogP contribution in [0.3, 0.4) is 0 Å². The van der Waals surface area contributed by atoms with Gasteiger partial charge in [-0.1, -0.05) is 28.1 Å². The first-order chi connectivity index (χ1) is 10.1. The lowest BCUT2D eigenvalue weighted by molar-refractivity contribution is 0.0946. The minimum atomic E-state index is -0.127. The van der Waals surface area contributed by atoms with Crippen LogP contribution in [0.1, 0.15) is 26.3 Å². The number of amides is 2. The third kappa shape index (κ3) is 4.16. The second kappa shape index (κ2) is 7.04. The van der Waals surface area contributed by atoms with Crippen molar-refractivity contribution in [2.75, 3.05) is 7.05 Å². The predicted octanol–water partition coefficient (Wildman–Crippen LogP) is 2.74. The van der Waals surface area contributed by atoms with Gasteiger partial charge < -0.3 is 10.6 Å². The number of hydrogen-bond acceptors (Lipinski definition) is 2. The highest BCUT2D eigenvalue weighted by Gasteiger charge is 2.06. The Kier molecular flexibility index (Phi) is 5.11. The zero-order chi connectivity index (χ0) is 15.2. The summed E-state index contributed by atoms with van der Waals surface area (Å²) in [5, 5.41) is 5.41. The summed E-state index contributed by atoms with van der Waals surface area (Å²) in [6, 6.07) is 14.3. The van der Waals surface area contributed by atoms with E-state index in [0.29, 0.717) is 17.7 Å². The highest BCUT2D eigenvalue weighted by atomic mass is 79.9. The van der Waals surface area contributed by atoms with Crippen molar-refractivity contribution in [2.45, 2.75) is 6.54 Å². The van der Waals surface area contributed by atoms with Gasteiger partial charge in [0.15, 0.2) is 0 Å². The molecule has 0 aliphatic carbocycles. The van der Waals surface area contributed by atoms with Crippen molar-refractivity contribution in [3.63, 3.8) is 0 Å². The third-order valence-electron chi connectivity index (χ3n) is 3.00. The van der Waals surface area contributed by atoms with Crippen molar-refractivity contribution < 1.29 is 9.59 Å². The summed E-state index contributed by atoms with van der Waals surface area (Å²) < 4.78 is 0.934. The molecular formula is C16H15BrN2O2. The Morgan fingerprint density at radius 2 is 1.43 bits per heavy atom. The Balaban J connectivity index is 1.95. The van der Waals surface area contributed by atoms with Crippen LogP contribution in [0.2, 0.25) is 0 Å². The van der Waals surface area contributed by atoms with Gasteiger partial charge in [0, 0.05) is 29.2 Å². The smallest absolute Gasteiger partial charge is 0.251 e. The number of carbonyl (C=O) groups is 2. The Hall–Kier alpha value is -2.14. The van der Waals surface area contributed by atoms with E-state index in [-0.39, 0.29) is 11.8 Å². The van der Waals surface area contributed by atoms with E-state index in [1.165, 1.54) is 0 Å². The quantitative estimate of drug-likeness (QED) is 0.894. The molecule has 2 aromatic rings. The molecule has 0 aromatic heterocycles. The third-order valence-corrected chi connectivity index (χ3v) is 3.53. The summed E-state index contributed by atoms with van der Waals surface area (Å²) in [6.07, 6.45) is 0. The zero-order valence-corrected chi connectivity index (χ0v) is 13.1. The van der Waals surface area contributed by atoms with Crippen molar-refractivity contribution in [3.05, 3.63) is 69.7 Å². The summed E-state index contributed by atoms with van der Waals surface area (Å²) in [6.45, 7) is 0.420. The number of hydrogen-bond donors (Lipinski definition) is 2. The van der Waals surface area contributed by atoms with Gasteiger partial charge in [-0.05, 0) is 42.0 Å². The topological polar surface area (TPSA) is 58.2 Å². The van der Waals surface area contributed by atoms with Gasteiger partial charge in [0.25, 0.3) is 11.8 Å². The molecule has 21 heavy (non-hydrogen) atoms. The van der Waals surface area contributed by atoms with Crippen LogP contribution in [0.5, 0.6) is 0 Å². The van der Waals surface area contributed by atoms with Crippen LogP contribution in [0.4, 0.5) is 0 Å². The van der Waals surface area contributed by atoms with E-state index in [0.717, 1.165) is 10.0 Å². The van der Waals surface area contributed by atoms with Gasteiger partial charge in [0.05, 0.1) is 0 Å². The number of carbonyl (C=O) groups excluding carboxylic acids is 2. The predicted molar refractivity (Wildman–Crippen MR) is 85.1 cm³/mol. The fourth-order valence-electron chi connectivity index (χ4n) is 1.80. The first-order valence-corrected chi connectivity index (χ1v) is 7.24. The van der Waals surface area contributed by atoms with E-state index in [2.05, 4.69) is 26.6 Å². The van der Waals surface area contributed by atoms with Crippen molar-refractivity contribution in [1.29, 1.82) is 0 Å². The van der Waals surface area contributed by atoms with Gasteiger partial charge >= 0.3 is 0 Å². The highest BCUT2D eigenvalue weighted by molar-refractivity contribution is 9.10. The Morgan fingerprint density at radius 3 is 2.00 bits per heavy atom. The SMILES string of the molecule is CNC(=O)c1ccc(CNC(=O)c2ccc(Br)cc2)cc1. The molecule has 4 nitrogen and oxygen atoms in total. The maximum absolute atomic E-state index is 12.0. The summed E-state index contributed by atoms with van der Waals surface area (Å²) in [7, 11) is 1.59. The van der Waals surface area contributed by atoms with Crippen LogP contribution < -0.4 is 10.6 Å². The molecule has 0 unspecified atom stereocenters. The second-order valence-corrected chi connectivity index (χ2v) is 5.38. The maximum Gasteiger partial charge on any atom is 0.251 e. The minimum absolute atomic E-state index is 0.125. The molecule has 0 aliphatic rings. The summed E-state index contributed by atoms with van der Waals surface area (Å²) in [4.78, 5) is 23.4. The van der Waals surface area contributed by atoms with Gasteiger partial charge in [0.2, 0.25) is 0 Å². The fourth-order valence-corrected chi connectivity index (χ4v) is 2.07. The lowest BCUT2D eigenvalue weighted by Crippen LogP contribution is -2.23. The van der Waals surface area contributed by atoms with Crippen LogP contribution in [0.15, 0.2) is 53.0 Å². The zero-order valence-electron chi connectivity index (χ0n) is 11.5. The standard InChI is InChI=1S/C16H15BrN2O2/c1-18-15(20)12-4-2-11(3-5-12)10-19-16(21)13-6-8-14(17)9-7-13/h2-9H,10H2,1H3,(H,18,20)(H,19,21). The number of rotatable bonds is 4. The summed E-state index contributed by atoms with van der Waals surface area (Å²) in [5.74, 6) is -0.252. The van der Waals surface area contributed by atoms with Gasteiger partial charge in [-0.2, -0.15) is 0 Å². The number of benzene rings is 2. The summed E-state index contributed by atoms with van der Waals surface area (Å²) >= 11 is 3.33. The molecule has 108 valence electrons. The first-order valence-electron chi connectivity index (χ1n) is 6.45. The monoisotopic (exact) mass is 346 g/mol. The number of nitrogens with one attached hydrogen (secondary N) is 2. The van der Waals surface area contributed by atoms with E-state index in [1.54, 1.807) is 31.3 Å². The molecule has 0 aliphatic heterocycles. The lowest BCUT2D eigenvalue weighted by Gasteiger charge is -2.06. The van der Waals surface area contributed by atoms with Gasteiger partial charge in [-0.25, -0.2) is 0 Å². The van der Waals surface area contributed by atoms with Gasteiger partial charge in [-0.15, -0.1) is 0 Å². The van der Waals surface area contributed by atoms with E-state index in [4.69, 9.17) is 0 Å². The molecule has 0 radical (unpaired) electrons. The molecular weight excluding hydrogens is 332 g/mol. The Labute approximate surface area is 131 Å². The second-order valence-electron chi connectivity index (χ2n) is 4.47. The van der Waals surface area contributed by atoms with Crippen molar-refractivity contribution in [2.24, 2.45) is 0 Å². The summed E-state index contributed by atoms with van der Waals surface area (Å²) in [5.41, 5.74) is 2.15. The highest BCUT2D eigenvalue weighted by Crippen LogP contribution is 2.10. The largest absolute Gasteiger partial charge is 0.355 e. The van der Waals surface area contributed by atoms with Crippen LogP contribution >= 0.6 is 15.9 Å². The van der Waals surface area contributed by atoms with Crippen LogP contribution in [0, 0.1) is 0 Å². The van der Waals surface area contributed by atoms with Gasteiger partial charge in [0.1, 0.15) is 0 Å². The fraction of sp³-hybridized carbons (Fsp3) is 0.125. The van der Waals surface area contributed by atoms with E-state index in [9.17, 15) is 9.59 Å². The molecule has 0 saturated heterocycles. The molecule has 2 rings (SSSR count). The van der Waals surface area contributed by atoms with E-state index < -0.39 is 0 Å². The normalized spacial score (nSPS) is 10.0. The molecule has 0 bridgehead atoms. The molecule has 2 aromatic carbocycles. The molecule has 2 amide bonds. The molecule has 0 heterocycles. The van der Waals surface area contributed by atoms with Crippen LogP contribution in [-0.2, 0) is 6.54 Å². The number of halogens is 1. The average molecular weight is 347 g/mol. The lowest BCUT2D eigenvalue weighted by atomic mass is 10.1. The average Bonchev–Trinajstić information content (AvgIpc) is 2.53. The molecule has 0 atom stereocenters. The minimum Gasteiger partial charge on any atom is -0.355 e. The van der Waals surface area contributed by atoms with Crippen LogP contribution in [-0.4, -0.2) is 18.9 Å². The molecule has 0 spiro atoms. The van der Waals surface area contributed by atoms with E-state index in [1.807, 2.05) is 24.3 Å². The van der Waals surface area contributed by atoms with E-state index >= 15 is 0 Å². The molecule has 0 saturated carbocycles. The van der Waals surface area contributed by atoms with Gasteiger partial charge in [-0.3, -0.25) is 9.59 Å². The van der Waals surface area contributed by atoms with Crippen molar-refractivity contribution in [1.82, 2.24) is 10.6 Å². The first kappa shape index (κ1) is 15.3. The van der Waals surface area contributed by atoms with Crippen molar-refractivity contribution >= 4 is 27.7 Å². The molecule has 5 heteroatoms. The molecule has 0 fully saturated rings. The Morgan fingerprint density at radius 1 is 0.905 bits per heavy atom. The van der Waals surface area contributed by atoms with Crippen LogP contribution in [0.25, 0.3) is 0 Å². The molecule has 2 N–H and O–H groups in total.